The zero-order chi connectivity index (χ0) is 14.9. The van der Waals surface area contributed by atoms with Crippen LogP contribution in [0, 0.1) is 11.3 Å². The Labute approximate surface area is 123 Å². The number of hydrogen-bond acceptors (Lipinski definition) is 5. The van der Waals surface area contributed by atoms with Crippen molar-refractivity contribution < 1.29 is 4.74 Å². The third-order valence-electron chi connectivity index (χ3n) is 3.39. The molecular formula is C16H16N4O. The second-order valence-corrected chi connectivity index (χ2v) is 5.74. The molecule has 5 heteroatoms. The topological polar surface area (TPSA) is 62.0 Å². The van der Waals surface area contributed by atoms with E-state index in [1.54, 1.807) is 6.07 Å². The number of hydrogen-bond donors (Lipinski definition) is 0. The predicted octanol–water partition coefficient (Wildman–Crippen LogP) is 2.53. The first-order valence-electron chi connectivity index (χ1n) is 6.82. The van der Waals surface area contributed by atoms with Crippen LogP contribution in [0.4, 0.5) is 5.82 Å². The largest absolute Gasteiger partial charge is 0.486 e. The SMILES string of the molecule is CC1(C)CN(c2cc(C#N)cnn2)Cc2ccccc2O1. The van der Waals surface area contributed by atoms with Gasteiger partial charge in [0.15, 0.2) is 5.82 Å². The zero-order valence-corrected chi connectivity index (χ0v) is 12.1. The number of para-hydroxylation sites is 1. The lowest BCUT2D eigenvalue weighted by Crippen LogP contribution is -2.41. The summed E-state index contributed by atoms with van der Waals surface area (Å²) in [5.41, 5.74) is 1.26. The van der Waals surface area contributed by atoms with Crippen LogP contribution in [-0.2, 0) is 6.54 Å². The van der Waals surface area contributed by atoms with Crippen LogP contribution in [0.2, 0.25) is 0 Å². The lowest BCUT2D eigenvalue weighted by molar-refractivity contribution is 0.121. The summed E-state index contributed by atoms with van der Waals surface area (Å²) >= 11 is 0. The van der Waals surface area contributed by atoms with Gasteiger partial charge in [0.05, 0.1) is 18.3 Å². The van der Waals surface area contributed by atoms with Crippen LogP contribution >= 0.6 is 0 Å². The second-order valence-electron chi connectivity index (χ2n) is 5.74. The van der Waals surface area contributed by atoms with E-state index in [4.69, 9.17) is 10.00 Å². The Bertz CT molecular complexity index is 705. The summed E-state index contributed by atoms with van der Waals surface area (Å²) < 4.78 is 6.10. The van der Waals surface area contributed by atoms with Crippen LogP contribution in [0.5, 0.6) is 5.75 Å². The van der Waals surface area contributed by atoms with Gasteiger partial charge in [-0.2, -0.15) is 10.4 Å². The molecule has 3 rings (SSSR count). The van der Waals surface area contributed by atoms with E-state index in [1.165, 1.54) is 6.20 Å². The number of aromatic nitrogens is 2. The van der Waals surface area contributed by atoms with Gasteiger partial charge in [0.2, 0.25) is 0 Å². The lowest BCUT2D eigenvalue weighted by atomic mass is 10.1. The number of rotatable bonds is 1. The minimum absolute atomic E-state index is 0.350. The van der Waals surface area contributed by atoms with E-state index in [9.17, 15) is 0 Å². The van der Waals surface area contributed by atoms with E-state index in [1.807, 2.05) is 38.1 Å². The summed E-state index contributed by atoms with van der Waals surface area (Å²) in [6.45, 7) is 5.45. The van der Waals surface area contributed by atoms with Crippen molar-refractivity contribution in [1.82, 2.24) is 10.2 Å². The van der Waals surface area contributed by atoms with Gasteiger partial charge in [0, 0.05) is 18.2 Å². The molecular weight excluding hydrogens is 264 g/mol. The zero-order valence-electron chi connectivity index (χ0n) is 12.1. The van der Waals surface area contributed by atoms with E-state index in [0.29, 0.717) is 24.5 Å². The molecule has 0 bridgehead atoms. The maximum absolute atomic E-state index is 9.02. The van der Waals surface area contributed by atoms with Crippen molar-refractivity contribution in [2.45, 2.75) is 26.0 Å². The van der Waals surface area contributed by atoms with E-state index in [2.05, 4.69) is 21.2 Å². The van der Waals surface area contributed by atoms with Crippen molar-refractivity contribution in [1.29, 1.82) is 5.26 Å². The van der Waals surface area contributed by atoms with E-state index in [-0.39, 0.29) is 5.60 Å². The predicted molar refractivity (Wildman–Crippen MR) is 78.9 cm³/mol. The van der Waals surface area contributed by atoms with Crippen LogP contribution in [0.15, 0.2) is 36.5 Å². The molecule has 21 heavy (non-hydrogen) atoms. The summed E-state index contributed by atoms with van der Waals surface area (Å²) in [4.78, 5) is 2.10. The monoisotopic (exact) mass is 280 g/mol. The molecule has 106 valence electrons. The highest BCUT2D eigenvalue weighted by Gasteiger charge is 2.29. The Kier molecular flexibility index (Phi) is 3.22. The minimum atomic E-state index is -0.350. The fraction of sp³-hybridized carbons (Fsp3) is 0.312. The Hall–Kier alpha value is -2.61. The van der Waals surface area contributed by atoms with Gasteiger partial charge in [-0.05, 0) is 19.9 Å². The average Bonchev–Trinajstić information content (AvgIpc) is 2.61. The lowest BCUT2D eigenvalue weighted by Gasteiger charge is -2.29. The molecule has 0 amide bonds. The van der Waals surface area contributed by atoms with E-state index in [0.717, 1.165) is 11.3 Å². The van der Waals surface area contributed by atoms with Gasteiger partial charge in [-0.15, -0.1) is 5.10 Å². The molecule has 0 N–H and O–H groups in total. The molecule has 5 nitrogen and oxygen atoms in total. The van der Waals surface area contributed by atoms with E-state index < -0.39 is 0 Å². The van der Waals surface area contributed by atoms with Crippen LogP contribution < -0.4 is 9.64 Å². The van der Waals surface area contributed by atoms with Crippen molar-refractivity contribution in [3.8, 4) is 11.8 Å². The number of benzene rings is 1. The molecule has 0 saturated heterocycles. The molecule has 1 aliphatic heterocycles. The molecule has 0 aliphatic carbocycles. The first-order chi connectivity index (χ1) is 10.1. The fourth-order valence-electron chi connectivity index (χ4n) is 2.52. The molecule has 2 aromatic rings. The molecule has 0 saturated carbocycles. The highest BCUT2D eigenvalue weighted by molar-refractivity contribution is 5.47. The van der Waals surface area contributed by atoms with Crippen LogP contribution in [-0.4, -0.2) is 22.3 Å². The third-order valence-corrected chi connectivity index (χ3v) is 3.39. The van der Waals surface area contributed by atoms with Crippen LogP contribution in [0.3, 0.4) is 0 Å². The second kappa shape index (κ2) is 5.06. The van der Waals surface area contributed by atoms with Crippen molar-refractivity contribution in [2.75, 3.05) is 11.4 Å². The third kappa shape index (κ3) is 2.79. The van der Waals surface area contributed by atoms with Crippen LogP contribution in [0.25, 0.3) is 0 Å². The highest BCUT2D eigenvalue weighted by Crippen LogP contribution is 2.31. The molecule has 1 aromatic carbocycles. The number of nitriles is 1. The summed E-state index contributed by atoms with van der Waals surface area (Å²) in [6.07, 6.45) is 1.47. The molecule has 0 unspecified atom stereocenters. The first-order valence-corrected chi connectivity index (χ1v) is 6.82. The van der Waals surface area contributed by atoms with Crippen LogP contribution in [0.1, 0.15) is 25.0 Å². The highest BCUT2D eigenvalue weighted by atomic mass is 16.5. The summed E-state index contributed by atoms with van der Waals surface area (Å²) in [5, 5.41) is 17.1. The fourth-order valence-corrected chi connectivity index (χ4v) is 2.52. The normalized spacial score (nSPS) is 16.3. The Morgan fingerprint density at radius 2 is 2.14 bits per heavy atom. The maximum Gasteiger partial charge on any atom is 0.152 e. The first kappa shape index (κ1) is 13.4. The van der Waals surface area contributed by atoms with Gasteiger partial charge in [-0.3, -0.25) is 0 Å². The number of anilines is 1. The molecule has 1 aliphatic rings. The quantitative estimate of drug-likeness (QED) is 0.803. The Morgan fingerprint density at radius 3 is 2.95 bits per heavy atom. The molecule has 0 fully saturated rings. The number of nitrogens with zero attached hydrogens (tertiary/aromatic N) is 4. The Balaban J connectivity index is 2.01. The van der Waals surface area contributed by atoms with Crippen molar-refractivity contribution in [3.05, 3.63) is 47.7 Å². The molecule has 2 heterocycles. The van der Waals surface area contributed by atoms with Gasteiger partial charge in [-0.1, -0.05) is 18.2 Å². The van der Waals surface area contributed by atoms with Gasteiger partial charge >= 0.3 is 0 Å². The molecule has 0 radical (unpaired) electrons. The van der Waals surface area contributed by atoms with Crippen molar-refractivity contribution in [2.24, 2.45) is 0 Å². The van der Waals surface area contributed by atoms with Gasteiger partial charge in [0.25, 0.3) is 0 Å². The number of ether oxygens (including phenoxy) is 1. The number of fused-ring (bicyclic) bond motifs is 1. The Morgan fingerprint density at radius 1 is 1.33 bits per heavy atom. The molecule has 1 aromatic heterocycles. The van der Waals surface area contributed by atoms with Crippen molar-refractivity contribution in [3.63, 3.8) is 0 Å². The smallest absolute Gasteiger partial charge is 0.152 e. The van der Waals surface area contributed by atoms with Crippen molar-refractivity contribution >= 4 is 5.82 Å². The average molecular weight is 280 g/mol. The summed E-state index contributed by atoms with van der Waals surface area (Å²) in [5.74, 6) is 1.59. The van der Waals surface area contributed by atoms with Gasteiger partial charge < -0.3 is 9.64 Å². The van der Waals surface area contributed by atoms with E-state index >= 15 is 0 Å². The maximum atomic E-state index is 9.02. The van der Waals surface area contributed by atoms with Gasteiger partial charge in [-0.25, -0.2) is 0 Å². The molecule has 0 atom stereocenters. The summed E-state index contributed by atoms with van der Waals surface area (Å²) in [6, 6.07) is 11.9. The summed E-state index contributed by atoms with van der Waals surface area (Å²) in [7, 11) is 0. The standard InChI is InChI=1S/C16H16N4O/c1-16(2)11-20(15-7-12(8-17)9-18-19-15)10-13-5-3-4-6-14(13)21-16/h3-7,9H,10-11H2,1-2H3. The van der Waals surface area contributed by atoms with Gasteiger partial charge in [0.1, 0.15) is 17.4 Å². The molecule has 0 spiro atoms. The minimum Gasteiger partial charge on any atom is -0.486 e.